The summed E-state index contributed by atoms with van der Waals surface area (Å²) in [7, 11) is 1.92. The van der Waals surface area contributed by atoms with Crippen LogP contribution in [0, 0.1) is 35.5 Å². The van der Waals surface area contributed by atoms with Crippen molar-refractivity contribution in [3.8, 4) is 18.4 Å². The zero-order valence-corrected chi connectivity index (χ0v) is 22.5. The Kier molecular flexibility index (Phi) is 10.2. The number of likely N-dealkylation sites (N-methyl/N-ethyl adjacent to an activating group) is 1. The molecule has 3 N–H and O–H groups in total. The Morgan fingerprint density at radius 3 is 2.70 bits per heavy atom. The second kappa shape index (κ2) is 13.4. The number of hydrogen-bond donors (Lipinski definition) is 3. The van der Waals surface area contributed by atoms with Crippen molar-refractivity contribution in [1.82, 2.24) is 15.1 Å². The van der Waals surface area contributed by atoms with Crippen LogP contribution in [0.3, 0.4) is 0 Å². The van der Waals surface area contributed by atoms with E-state index in [-0.39, 0.29) is 40.8 Å². The summed E-state index contributed by atoms with van der Waals surface area (Å²) in [5, 5.41) is 18.2. The normalized spacial score (nSPS) is 24.3. The highest BCUT2D eigenvalue weighted by atomic mass is 32.2. The minimum Gasteiger partial charge on any atom is -0.385 e. The summed E-state index contributed by atoms with van der Waals surface area (Å²) >= 11 is 1.50. The smallest absolute Gasteiger partial charge is 0.238 e. The Morgan fingerprint density at radius 2 is 2.03 bits per heavy atom. The van der Waals surface area contributed by atoms with Crippen molar-refractivity contribution >= 4 is 40.9 Å². The second-order valence-electron chi connectivity index (χ2n) is 9.39. The number of terminal acetylenes is 1. The van der Waals surface area contributed by atoms with Gasteiger partial charge < -0.3 is 20.9 Å². The Labute approximate surface area is 223 Å². The molecule has 3 rings (SSSR count). The van der Waals surface area contributed by atoms with Gasteiger partial charge in [-0.15, -0.1) is 18.2 Å². The average molecular weight is 525 g/mol. The van der Waals surface area contributed by atoms with E-state index in [1.165, 1.54) is 11.8 Å². The highest BCUT2D eigenvalue weighted by Crippen LogP contribution is 2.51. The third-order valence-electron chi connectivity index (χ3n) is 6.74. The number of nitrogens with one attached hydrogen (secondary N) is 3. The maximum absolute atomic E-state index is 13.2. The zero-order valence-electron chi connectivity index (χ0n) is 21.7. The summed E-state index contributed by atoms with van der Waals surface area (Å²) in [5.41, 5.74) is 1.55. The van der Waals surface area contributed by atoms with Crippen molar-refractivity contribution in [2.45, 2.75) is 43.2 Å². The summed E-state index contributed by atoms with van der Waals surface area (Å²) in [6.45, 7) is 6.33. The van der Waals surface area contributed by atoms with Gasteiger partial charge in [0.05, 0.1) is 42.3 Å². The van der Waals surface area contributed by atoms with E-state index < -0.39 is 11.8 Å². The molecule has 1 aliphatic heterocycles. The number of carbonyl (C=O) groups excluding carboxylic acids is 3. The molecule has 3 amide bonds. The molecule has 1 aromatic rings. The SMILES string of the molecule is C#CCNC(=O)C1C(C#N)C2C1S[C@H](CCNc1cccc(NC(=O)CN(C)CCC)c1)C(=O)N2CC. The van der Waals surface area contributed by atoms with Crippen LogP contribution in [0.5, 0.6) is 0 Å². The van der Waals surface area contributed by atoms with Crippen molar-refractivity contribution in [2.75, 3.05) is 50.4 Å². The quantitative estimate of drug-likeness (QED) is 0.358. The Balaban J connectivity index is 1.58. The fraction of sp³-hybridized carbons (Fsp3) is 0.556. The van der Waals surface area contributed by atoms with Crippen LogP contribution in [0.25, 0.3) is 0 Å². The van der Waals surface area contributed by atoms with Crippen molar-refractivity contribution in [3.05, 3.63) is 24.3 Å². The van der Waals surface area contributed by atoms with Crippen molar-refractivity contribution < 1.29 is 14.4 Å². The highest BCUT2D eigenvalue weighted by molar-refractivity contribution is 8.01. The number of amides is 3. The first-order valence-electron chi connectivity index (χ1n) is 12.7. The molecule has 10 heteroatoms. The lowest BCUT2D eigenvalue weighted by Crippen LogP contribution is -2.70. The van der Waals surface area contributed by atoms with Gasteiger partial charge in [-0.1, -0.05) is 18.9 Å². The monoisotopic (exact) mass is 524 g/mol. The van der Waals surface area contributed by atoms with Crippen LogP contribution < -0.4 is 16.0 Å². The maximum atomic E-state index is 13.2. The molecular weight excluding hydrogens is 488 g/mol. The number of nitrogens with zero attached hydrogens (tertiary/aromatic N) is 3. The molecule has 37 heavy (non-hydrogen) atoms. The minimum absolute atomic E-state index is 0.00972. The zero-order chi connectivity index (χ0) is 26.9. The van der Waals surface area contributed by atoms with Crippen molar-refractivity contribution in [1.29, 1.82) is 5.26 Å². The largest absolute Gasteiger partial charge is 0.385 e. The molecule has 2 fully saturated rings. The molecule has 1 heterocycles. The molecule has 0 spiro atoms. The van der Waals surface area contributed by atoms with E-state index in [9.17, 15) is 19.6 Å². The van der Waals surface area contributed by atoms with Gasteiger partial charge >= 0.3 is 0 Å². The van der Waals surface area contributed by atoms with Crippen LogP contribution in [0.1, 0.15) is 26.7 Å². The summed E-state index contributed by atoms with van der Waals surface area (Å²) in [6, 6.07) is 9.49. The van der Waals surface area contributed by atoms with E-state index in [1.807, 2.05) is 43.1 Å². The van der Waals surface area contributed by atoms with Gasteiger partial charge in [0.15, 0.2) is 0 Å². The van der Waals surface area contributed by atoms with Crippen LogP contribution in [0.4, 0.5) is 11.4 Å². The maximum Gasteiger partial charge on any atom is 0.238 e. The number of carbonyl (C=O) groups is 3. The summed E-state index contributed by atoms with van der Waals surface area (Å²) < 4.78 is 0. The van der Waals surface area contributed by atoms with Gasteiger partial charge in [-0.05, 0) is 51.6 Å². The van der Waals surface area contributed by atoms with Crippen molar-refractivity contribution in [3.63, 3.8) is 0 Å². The van der Waals surface area contributed by atoms with E-state index in [0.717, 1.165) is 18.7 Å². The fourth-order valence-electron chi connectivity index (χ4n) is 5.05. The molecule has 2 aliphatic rings. The third kappa shape index (κ3) is 6.76. The summed E-state index contributed by atoms with van der Waals surface area (Å²) in [4.78, 5) is 41.9. The number of anilines is 2. The number of rotatable bonds is 12. The molecular formula is C27H36N6O3S. The first-order chi connectivity index (χ1) is 17.8. The highest BCUT2D eigenvalue weighted by Gasteiger charge is 2.61. The Bertz CT molecular complexity index is 1070. The van der Waals surface area contributed by atoms with Gasteiger partial charge in [0.1, 0.15) is 0 Å². The van der Waals surface area contributed by atoms with Crippen LogP contribution in [0.2, 0.25) is 0 Å². The topological polar surface area (TPSA) is 118 Å². The van der Waals surface area contributed by atoms with Gasteiger partial charge in [0.25, 0.3) is 0 Å². The minimum atomic E-state index is -0.530. The third-order valence-corrected chi connectivity index (χ3v) is 8.40. The predicted molar refractivity (Wildman–Crippen MR) is 147 cm³/mol. The molecule has 0 radical (unpaired) electrons. The van der Waals surface area contributed by atoms with E-state index >= 15 is 0 Å². The molecule has 1 aromatic carbocycles. The predicted octanol–water partition coefficient (Wildman–Crippen LogP) is 1.99. The molecule has 5 atom stereocenters. The lowest BCUT2D eigenvalue weighted by Gasteiger charge is -2.56. The van der Waals surface area contributed by atoms with Gasteiger partial charge in [-0.25, -0.2) is 0 Å². The van der Waals surface area contributed by atoms with Crippen LogP contribution in [0.15, 0.2) is 24.3 Å². The number of thioether (sulfide) groups is 1. The summed E-state index contributed by atoms with van der Waals surface area (Å²) in [6.07, 6.45) is 6.82. The van der Waals surface area contributed by atoms with Crippen LogP contribution in [-0.4, -0.2) is 83.8 Å². The van der Waals surface area contributed by atoms with E-state index in [1.54, 1.807) is 4.90 Å². The lowest BCUT2D eigenvalue weighted by atomic mass is 9.67. The van der Waals surface area contributed by atoms with E-state index in [2.05, 4.69) is 34.9 Å². The molecule has 198 valence electrons. The molecule has 0 bridgehead atoms. The lowest BCUT2D eigenvalue weighted by molar-refractivity contribution is -0.144. The number of hydrogen-bond acceptors (Lipinski definition) is 7. The van der Waals surface area contributed by atoms with Crippen LogP contribution in [-0.2, 0) is 14.4 Å². The van der Waals surface area contributed by atoms with E-state index in [0.29, 0.717) is 31.7 Å². The number of nitriles is 1. The van der Waals surface area contributed by atoms with Gasteiger partial charge in [-0.2, -0.15) is 5.26 Å². The number of fused-ring (bicyclic) bond motifs is 1. The fourth-order valence-corrected chi connectivity index (χ4v) is 6.87. The Morgan fingerprint density at radius 1 is 1.27 bits per heavy atom. The van der Waals surface area contributed by atoms with Gasteiger partial charge in [-0.3, -0.25) is 19.3 Å². The average Bonchev–Trinajstić information content (AvgIpc) is 2.85. The Hall–Kier alpha value is -3.21. The molecule has 1 aliphatic carbocycles. The molecule has 4 unspecified atom stereocenters. The second-order valence-corrected chi connectivity index (χ2v) is 10.8. The number of benzene rings is 1. The van der Waals surface area contributed by atoms with Crippen LogP contribution >= 0.6 is 11.8 Å². The molecule has 0 aromatic heterocycles. The standard InChI is InChI=1S/C27H36N6O3S/c1-5-12-30-26(35)23-20(16-28)24-25(23)37-21(27(36)33(24)7-3)11-13-29-18-9-8-10-19(15-18)31-22(34)17-32(4)14-6-2/h1,8-10,15,20-21,23-25,29H,6-7,11-14,17H2,2-4H3,(H,30,35)(H,31,34)/t20?,21-,23?,24?,25?/m1/s1. The molecule has 1 saturated carbocycles. The first kappa shape index (κ1) is 28.4. The summed E-state index contributed by atoms with van der Waals surface area (Å²) in [5.74, 6) is 1.10. The van der Waals surface area contributed by atoms with Gasteiger partial charge in [0, 0.05) is 29.7 Å². The van der Waals surface area contributed by atoms with Crippen molar-refractivity contribution in [2.24, 2.45) is 11.8 Å². The molecule has 9 nitrogen and oxygen atoms in total. The van der Waals surface area contributed by atoms with E-state index in [4.69, 9.17) is 6.42 Å². The first-order valence-corrected chi connectivity index (χ1v) is 13.7. The molecule has 1 saturated heterocycles. The van der Waals surface area contributed by atoms with Gasteiger partial charge in [0.2, 0.25) is 17.7 Å².